The molecule has 0 heterocycles. The Morgan fingerprint density at radius 3 is 2.94 bits per heavy atom. The number of hydrogen-bond acceptors (Lipinski definition) is 2. The van der Waals surface area contributed by atoms with E-state index in [1.165, 1.54) is 6.42 Å². The SMILES string of the molecule is CC1CCCC(O)(CNCc2ccccc2Cl)C1. The van der Waals surface area contributed by atoms with Crippen molar-refractivity contribution in [2.24, 2.45) is 5.92 Å². The van der Waals surface area contributed by atoms with Gasteiger partial charge in [-0.05, 0) is 30.4 Å². The van der Waals surface area contributed by atoms with E-state index in [1.54, 1.807) is 0 Å². The van der Waals surface area contributed by atoms with E-state index in [4.69, 9.17) is 11.6 Å². The van der Waals surface area contributed by atoms with Crippen LogP contribution in [0.1, 0.15) is 38.2 Å². The fraction of sp³-hybridized carbons (Fsp3) is 0.600. The second-order valence-corrected chi connectivity index (χ2v) is 6.03. The molecule has 2 atom stereocenters. The Bertz CT molecular complexity index is 396. The molecule has 0 bridgehead atoms. The molecule has 0 radical (unpaired) electrons. The monoisotopic (exact) mass is 267 g/mol. The third-order valence-corrected chi connectivity index (χ3v) is 4.16. The minimum atomic E-state index is -0.529. The summed E-state index contributed by atoms with van der Waals surface area (Å²) in [6.45, 7) is 3.59. The quantitative estimate of drug-likeness (QED) is 0.877. The van der Waals surface area contributed by atoms with Gasteiger partial charge in [-0.2, -0.15) is 0 Å². The maximum atomic E-state index is 10.5. The van der Waals surface area contributed by atoms with Crippen molar-refractivity contribution in [3.63, 3.8) is 0 Å². The highest BCUT2D eigenvalue weighted by atomic mass is 35.5. The van der Waals surface area contributed by atoms with Crippen molar-refractivity contribution in [2.45, 2.75) is 44.8 Å². The van der Waals surface area contributed by atoms with Gasteiger partial charge in [0.25, 0.3) is 0 Å². The van der Waals surface area contributed by atoms with Crippen LogP contribution in [-0.4, -0.2) is 17.3 Å². The van der Waals surface area contributed by atoms with Crippen LogP contribution in [0.2, 0.25) is 5.02 Å². The maximum Gasteiger partial charge on any atom is 0.0774 e. The summed E-state index contributed by atoms with van der Waals surface area (Å²) >= 11 is 6.10. The van der Waals surface area contributed by atoms with Crippen molar-refractivity contribution < 1.29 is 5.11 Å². The number of aliphatic hydroxyl groups is 1. The Kier molecular flexibility index (Phi) is 4.66. The van der Waals surface area contributed by atoms with Crippen molar-refractivity contribution in [3.8, 4) is 0 Å². The van der Waals surface area contributed by atoms with Crippen LogP contribution in [0.25, 0.3) is 0 Å². The summed E-state index contributed by atoms with van der Waals surface area (Å²) in [5.41, 5.74) is 0.561. The van der Waals surface area contributed by atoms with E-state index in [-0.39, 0.29) is 0 Å². The van der Waals surface area contributed by atoms with Gasteiger partial charge in [0.2, 0.25) is 0 Å². The highest BCUT2D eigenvalue weighted by Crippen LogP contribution is 2.31. The zero-order valence-electron chi connectivity index (χ0n) is 11.0. The first kappa shape index (κ1) is 13.9. The fourth-order valence-electron chi connectivity index (χ4n) is 2.86. The van der Waals surface area contributed by atoms with Crippen LogP contribution in [-0.2, 0) is 6.54 Å². The molecule has 100 valence electrons. The zero-order valence-corrected chi connectivity index (χ0v) is 11.7. The van der Waals surface area contributed by atoms with Crippen LogP contribution >= 0.6 is 11.6 Å². The van der Waals surface area contributed by atoms with E-state index < -0.39 is 5.60 Å². The standard InChI is InChI=1S/C15H22ClNO/c1-12-5-4-8-15(18,9-12)11-17-10-13-6-2-3-7-14(13)16/h2-3,6-7,12,17-18H,4-5,8-11H2,1H3. The van der Waals surface area contributed by atoms with Crippen molar-refractivity contribution >= 4 is 11.6 Å². The number of benzene rings is 1. The van der Waals surface area contributed by atoms with Gasteiger partial charge in [-0.3, -0.25) is 0 Å². The smallest absolute Gasteiger partial charge is 0.0774 e. The molecular weight excluding hydrogens is 246 g/mol. The lowest BCUT2D eigenvalue weighted by Gasteiger charge is -2.35. The Morgan fingerprint density at radius 1 is 1.44 bits per heavy atom. The molecule has 1 saturated carbocycles. The molecule has 1 aliphatic rings. The fourth-order valence-corrected chi connectivity index (χ4v) is 3.07. The number of hydrogen-bond donors (Lipinski definition) is 2. The number of rotatable bonds is 4. The minimum absolute atomic E-state index is 0.529. The second kappa shape index (κ2) is 6.05. The lowest BCUT2D eigenvalue weighted by Crippen LogP contribution is -2.43. The maximum absolute atomic E-state index is 10.5. The average molecular weight is 268 g/mol. The van der Waals surface area contributed by atoms with Gasteiger partial charge >= 0.3 is 0 Å². The van der Waals surface area contributed by atoms with Crippen molar-refractivity contribution in [1.82, 2.24) is 5.32 Å². The molecule has 0 saturated heterocycles. The minimum Gasteiger partial charge on any atom is -0.389 e. The molecule has 0 amide bonds. The van der Waals surface area contributed by atoms with Crippen LogP contribution < -0.4 is 5.32 Å². The molecule has 0 spiro atoms. The predicted molar refractivity (Wildman–Crippen MR) is 75.7 cm³/mol. The summed E-state index contributed by atoms with van der Waals surface area (Å²) in [6, 6.07) is 7.83. The van der Waals surface area contributed by atoms with Crippen LogP contribution in [0.15, 0.2) is 24.3 Å². The molecule has 1 aliphatic carbocycles. The normalized spacial score (nSPS) is 28.3. The molecule has 2 N–H and O–H groups in total. The summed E-state index contributed by atoms with van der Waals surface area (Å²) in [4.78, 5) is 0. The second-order valence-electron chi connectivity index (χ2n) is 5.62. The molecular formula is C15H22ClNO. The van der Waals surface area contributed by atoms with Crippen LogP contribution in [0.5, 0.6) is 0 Å². The van der Waals surface area contributed by atoms with E-state index in [1.807, 2.05) is 24.3 Å². The number of halogens is 1. The molecule has 0 aromatic heterocycles. The number of nitrogens with one attached hydrogen (secondary N) is 1. The van der Waals surface area contributed by atoms with Gasteiger partial charge in [-0.1, -0.05) is 49.6 Å². The third kappa shape index (κ3) is 3.71. The largest absolute Gasteiger partial charge is 0.389 e. The Balaban J connectivity index is 1.83. The first-order chi connectivity index (χ1) is 8.59. The van der Waals surface area contributed by atoms with Crippen LogP contribution in [0.4, 0.5) is 0 Å². The van der Waals surface area contributed by atoms with Gasteiger partial charge in [0.15, 0.2) is 0 Å². The molecule has 2 rings (SSSR count). The van der Waals surface area contributed by atoms with Gasteiger partial charge < -0.3 is 10.4 Å². The van der Waals surface area contributed by atoms with E-state index in [0.29, 0.717) is 12.5 Å². The predicted octanol–water partition coefficient (Wildman–Crippen LogP) is 3.37. The molecule has 3 heteroatoms. The van der Waals surface area contributed by atoms with Gasteiger partial charge in [0, 0.05) is 18.1 Å². The van der Waals surface area contributed by atoms with Crippen molar-refractivity contribution in [2.75, 3.05) is 6.54 Å². The average Bonchev–Trinajstić information content (AvgIpc) is 2.31. The first-order valence-corrected chi connectivity index (χ1v) is 7.13. The van der Waals surface area contributed by atoms with E-state index in [9.17, 15) is 5.11 Å². The molecule has 2 unspecified atom stereocenters. The van der Waals surface area contributed by atoms with E-state index >= 15 is 0 Å². The lowest BCUT2D eigenvalue weighted by atomic mass is 9.79. The molecule has 1 aromatic carbocycles. The summed E-state index contributed by atoms with van der Waals surface area (Å²) in [5.74, 6) is 0.630. The van der Waals surface area contributed by atoms with Crippen LogP contribution in [0, 0.1) is 5.92 Å². The van der Waals surface area contributed by atoms with Crippen LogP contribution in [0.3, 0.4) is 0 Å². The highest BCUT2D eigenvalue weighted by molar-refractivity contribution is 6.31. The Labute approximate surface area is 114 Å². The molecule has 1 fully saturated rings. The summed E-state index contributed by atoms with van der Waals surface area (Å²) < 4.78 is 0. The third-order valence-electron chi connectivity index (χ3n) is 3.79. The zero-order chi connectivity index (χ0) is 13.0. The van der Waals surface area contributed by atoms with Gasteiger partial charge in [-0.25, -0.2) is 0 Å². The summed E-state index contributed by atoms with van der Waals surface area (Å²) in [5, 5.41) is 14.6. The highest BCUT2D eigenvalue weighted by Gasteiger charge is 2.31. The lowest BCUT2D eigenvalue weighted by molar-refractivity contribution is -0.0119. The molecule has 2 nitrogen and oxygen atoms in total. The Morgan fingerprint density at radius 2 is 2.22 bits per heavy atom. The molecule has 18 heavy (non-hydrogen) atoms. The summed E-state index contributed by atoms with van der Waals surface area (Å²) in [7, 11) is 0. The Hall–Kier alpha value is -0.570. The first-order valence-electron chi connectivity index (χ1n) is 6.76. The van der Waals surface area contributed by atoms with Gasteiger partial charge in [0.05, 0.1) is 5.60 Å². The van der Waals surface area contributed by atoms with Gasteiger partial charge in [0.1, 0.15) is 0 Å². The van der Waals surface area contributed by atoms with E-state index in [2.05, 4.69) is 12.2 Å². The topological polar surface area (TPSA) is 32.3 Å². The van der Waals surface area contributed by atoms with Crippen molar-refractivity contribution in [1.29, 1.82) is 0 Å². The van der Waals surface area contributed by atoms with Gasteiger partial charge in [-0.15, -0.1) is 0 Å². The molecule has 0 aliphatic heterocycles. The van der Waals surface area contributed by atoms with Crippen molar-refractivity contribution in [3.05, 3.63) is 34.9 Å². The summed E-state index contributed by atoms with van der Waals surface area (Å²) in [6.07, 6.45) is 4.19. The molecule has 1 aromatic rings. The van der Waals surface area contributed by atoms with E-state index in [0.717, 1.165) is 36.4 Å².